The van der Waals surface area contributed by atoms with Gasteiger partial charge in [0.05, 0.1) is 16.2 Å². The van der Waals surface area contributed by atoms with Crippen LogP contribution >= 0.6 is 0 Å². The fraction of sp³-hybridized carbons (Fsp3) is 0.211. The van der Waals surface area contributed by atoms with Crippen molar-refractivity contribution in [2.75, 3.05) is 14.1 Å². The molecule has 0 bridgehead atoms. The first kappa shape index (κ1) is 19.7. The highest BCUT2D eigenvalue weighted by Crippen LogP contribution is 2.15. The number of fused-ring (bicyclic) bond motifs is 1. The number of sulfonamides is 1. The fourth-order valence-electron chi connectivity index (χ4n) is 2.63. The molecule has 0 fully saturated rings. The largest absolute Gasteiger partial charge is 0.456 e. The van der Waals surface area contributed by atoms with Gasteiger partial charge in [0.2, 0.25) is 10.0 Å². The van der Waals surface area contributed by atoms with E-state index in [0.29, 0.717) is 11.3 Å². The van der Waals surface area contributed by atoms with E-state index < -0.39 is 16.0 Å². The van der Waals surface area contributed by atoms with Crippen LogP contribution in [0.1, 0.15) is 21.7 Å². The minimum absolute atomic E-state index is 0.0774. The Morgan fingerprint density at radius 1 is 1.14 bits per heavy atom. The number of carbonyl (C=O) groups is 1. The van der Waals surface area contributed by atoms with Gasteiger partial charge in [0.1, 0.15) is 12.3 Å². The van der Waals surface area contributed by atoms with Crippen LogP contribution in [0.3, 0.4) is 0 Å². The summed E-state index contributed by atoms with van der Waals surface area (Å²) in [6.45, 7) is 1.63. The van der Waals surface area contributed by atoms with Gasteiger partial charge in [0.15, 0.2) is 0 Å². The van der Waals surface area contributed by atoms with Gasteiger partial charge in [-0.1, -0.05) is 6.07 Å². The SMILES string of the molecule is Cc1cccc2nc(COC(=O)c3ccc(S(=O)(=O)N(C)C)cc3)cc(=O)n12. The smallest absolute Gasteiger partial charge is 0.338 e. The summed E-state index contributed by atoms with van der Waals surface area (Å²) in [4.78, 5) is 28.9. The number of ether oxygens (including phenoxy) is 1. The standard InChI is InChI=1S/C19H19N3O5S/c1-13-5-4-6-17-20-15(11-18(23)22(13)17)12-27-19(24)14-7-9-16(10-8-14)28(25,26)21(2)3/h4-11H,12H2,1-3H3. The molecular weight excluding hydrogens is 382 g/mol. The zero-order valence-corrected chi connectivity index (χ0v) is 16.4. The van der Waals surface area contributed by atoms with Crippen LogP contribution in [-0.4, -0.2) is 42.2 Å². The highest BCUT2D eigenvalue weighted by molar-refractivity contribution is 7.89. The van der Waals surface area contributed by atoms with Crippen molar-refractivity contribution in [3.05, 3.63) is 75.8 Å². The summed E-state index contributed by atoms with van der Waals surface area (Å²) in [6.07, 6.45) is 0. The lowest BCUT2D eigenvalue weighted by molar-refractivity contribution is 0.0467. The topological polar surface area (TPSA) is 98.0 Å². The number of hydrogen-bond donors (Lipinski definition) is 0. The summed E-state index contributed by atoms with van der Waals surface area (Å²) >= 11 is 0. The maximum absolute atomic E-state index is 12.2. The summed E-state index contributed by atoms with van der Waals surface area (Å²) in [5, 5.41) is 0. The molecule has 28 heavy (non-hydrogen) atoms. The van der Waals surface area contributed by atoms with Gasteiger partial charge in [-0.2, -0.15) is 0 Å². The van der Waals surface area contributed by atoms with Crippen LogP contribution in [0.5, 0.6) is 0 Å². The van der Waals surface area contributed by atoms with Gasteiger partial charge in [-0.25, -0.2) is 22.5 Å². The summed E-state index contributed by atoms with van der Waals surface area (Å²) in [5.41, 5.74) is 1.50. The predicted molar refractivity (Wildman–Crippen MR) is 103 cm³/mol. The van der Waals surface area contributed by atoms with E-state index >= 15 is 0 Å². The molecular formula is C19H19N3O5S. The lowest BCUT2D eigenvalue weighted by Gasteiger charge is -2.11. The first-order valence-corrected chi connectivity index (χ1v) is 9.82. The van der Waals surface area contributed by atoms with Crippen molar-refractivity contribution in [2.24, 2.45) is 0 Å². The van der Waals surface area contributed by atoms with Crippen molar-refractivity contribution < 1.29 is 17.9 Å². The molecule has 0 spiro atoms. The minimum Gasteiger partial charge on any atom is -0.456 e. The minimum atomic E-state index is -3.57. The van der Waals surface area contributed by atoms with E-state index in [2.05, 4.69) is 4.98 Å². The van der Waals surface area contributed by atoms with E-state index in [9.17, 15) is 18.0 Å². The molecule has 3 aromatic rings. The molecule has 8 nitrogen and oxygen atoms in total. The number of benzene rings is 1. The van der Waals surface area contributed by atoms with E-state index in [-0.39, 0.29) is 22.6 Å². The average Bonchev–Trinajstić information content (AvgIpc) is 2.66. The second-order valence-electron chi connectivity index (χ2n) is 6.33. The van der Waals surface area contributed by atoms with Crippen molar-refractivity contribution in [3.8, 4) is 0 Å². The van der Waals surface area contributed by atoms with Crippen LogP contribution in [0.4, 0.5) is 0 Å². The molecule has 0 atom stereocenters. The van der Waals surface area contributed by atoms with Gasteiger partial charge < -0.3 is 4.74 Å². The molecule has 0 saturated heterocycles. The highest BCUT2D eigenvalue weighted by Gasteiger charge is 2.18. The van der Waals surface area contributed by atoms with E-state index in [0.717, 1.165) is 10.00 Å². The monoisotopic (exact) mass is 401 g/mol. The van der Waals surface area contributed by atoms with Crippen LogP contribution in [0.2, 0.25) is 0 Å². The van der Waals surface area contributed by atoms with Gasteiger partial charge in [0, 0.05) is 25.9 Å². The highest BCUT2D eigenvalue weighted by atomic mass is 32.2. The van der Waals surface area contributed by atoms with Crippen LogP contribution < -0.4 is 5.56 Å². The maximum atomic E-state index is 12.2. The Bertz CT molecular complexity index is 1200. The van der Waals surface area contributed by atoms with Crippen molar-refractivity contribution in [3.63, 3.8) is 0 Å². The summed E-state index contributed by atoms with van der Waals surface area (Å²) in [7, 11) is -0.712. The normalized spacial score (nSPS) is 11.7. The zero-order chi connectivity index (χ0) is 20.5. The quantitative estimate of drug-likeness (QED) is 0.603. The maximum Gasteiger partial charge on any atom is 0.338 e. The lowest BCUT2D eigenvalue weighted by atomic mass is 10.2. The third-order valence-corrected chi connectivity index (χ3v) is 5.98. The molecule has 9 heteroatoms. The van der Waals surface area contributed by atoms with Crippen LogP contribution in [0.15, 0.2) is 58.2 Å². The van der Waals surface area contributed by atoms with E-state index in [1.165, 1.54) is 48.8 Å². The van der Waals surface area contributed by atoms with E-state index in [1.807, 2.05) is 0 Å². The summed E-state index contributed by atoms with van der Waals surface area (Å²) in [5.74, 6) is -0.639. The number of aryl methyl sites for hydroxylation is 1. The molecule has 0 amide bonds. The van der Waals surface area contributed by atoms with Crippen molar-refractivity contribution in [1.82, 2.24) is 13.7 Å². The molecule has 0 radical (unpaired) electrons. The van der Waals surface area contributed by atoms with Gasteiger partial charge in [0.25, 0.3) is 5.56 Å². The van der Waals surface area contributed by atoms with E-state index in [1.54, 1.807) is 25.1 Å². The average molecular weight is 401 g/mol. The van der Waals surface area contributed by atoms with Gasteiger partial charge in [-0.3, -0.25) is 9.20 Å². The van der Waals surface area contributed by atoms with Crippen molar-refractivity contribution in [2.45, 2.75) is 18.4 Å². The van der Waals surface area contributed by atoms with Gasteiger partial charge in [-0.05, 0) is 43.3 Å². The Morgan fingerprint density at radius 3 is 2.46 bits per heavy atom. The fourth-order valence-corrected chi connectivity index (χ4v) is 3.54. The molecule has 0 aliphatic rings. The van der Waals surface area contributed by atoms with Crippen LogP contribution in [0, 0.1) is 6.92 Å². The Morgan fingerprint density at radius 2 is 1.82 bits per heavy atom. The molecule has 0 unspecified atom stereocenters. The first-order valence-electron chi connectivity index (χ1n) is 8.38. The number of rotatable bonds is 5. The molecule has 0 aliphatic carbocycles. The lowest BCUT2D eigenvalue weighted by Crippen LogP contribution is -2.22. The molecule has 2 aromatic heterocycles. The second kappa shape index (κ2) is 7.53. The molecule has 0 aliphatic heterocycles. The molecule has 2 heterocycles. The Kier molecular flexibility index (Phi) is 5.30. The predicted octanol–water partition coefficient (Wildman–Crippen LogP) is 1.61. The van der Waals surface area contributed by atoms with Crippen LogP contribution in [-0.2, 0) is 21.4 Å². The zero-order valence-electron chi connectivity index (χ0n) is 15.6. The molecule has 146 valence electrons. The number of pyridine rings is 1. The van der Waals surface area contributed by atoms with E-state index in [4.69, 9.17) is 4.74 Å². The third kappa shape index (κ3) is 3.80. The number of nitrogens with zero attached hydrogens (tertiary/aromatic N) is 3. The summed E-state index contributed by atoms with van der Waals surface area (Å²) in [6, 6.07) is 12.1. The number of esters is 1. The number of hydrogen-bond acceptors (Lipinski definition) is 6. The van der Waals surface area contributed by atoms with Crippen molar-refractivity contribution >= 4 is 21.6 Å². The Balaban J connectivity index is 1.76. The van der Waals surface area contributed by atoms with Crippen molar-refractivity contribution in [1.29, 1.82) is 0 Å². The summed E-state index contributed by atoms with van der Waals surface area (Å²) < 4.78 is 31.9. The third-order valence-electron chi connectivity index (χ3n) is 4.15. The molecule has 3 rings (SSSR count). The molecule has 0 N–H and O–H groups in total. The second-order valence-corrected chi connectivity index (χ2v) is 8.49. The van der Waals surface area contributed by atoms with Crippen LogP contribution in [0.25, 0.3) is 5.65 Å². The number of carbonyl (C=O) groups excluding carboxylic acids is 1. The first-order chi connectivity index (χ1) is 13.2. The molecule has 1 aromatic carbocycles. The molecule has 0 saturated carbocycles. The van der Waals surface area contributed by atoms with Gasteiger partial charge in [-0.15, -0.1) is 0 Å². The van der Waals surface area contributed by atoms with Gasteiger partial charge >= 0.3 is 5.97 Å². The Labute approximate surface area is 162 Å². The Hall–Kier alpha value is -3.04. The number of aromatic nitrogens is 2.